The predicted molar refractivity (Wildman–Crippen MR) is 66.7 cm³/mol. The molecular weight excluding hydrogens is 273 g/mol. The molecule has 19 heavy (non-hydrogen) atoms. The lowest BCUT2D eigenvalue weighted by Gasteiger charge is -2.31. The summed E-state index contributed by atoms with van der Waals surface area (Å²) in [6.45, 7) is 2.42. The zero-order chi connectivity index (χ0) is 13.9. The van der Waals surface area contributed by atoms with Crippen LogP contribution in [0.4, 0.5) is 4.39 Å². The molecule has 1 aliphatic rings. The van der Waals surface area contributed by atoms with Crippen molar-refractivity contribution in [2.24, 2.45) is 0 Å². The van der Waals surface area contributed by atoms with E-state index in [1.165, 1.54) is 4.31 Å². The van der Waals surface area contributed by atoms with Gasteiger partial charge in [0.2, 0.25) is 10.0 Å². The van der Waals surface area contributed by atoms with Crippen molar-refractivity contribution in [3.63, 3.8) is 0 Å². The topological polar surface area (TPSA) is 72.4 Å². The molecular formula is C11H16FN3O3S. The van der Waals surface area contributed by atoms with E-state index in [1.807, 2.05) is 0 Å². The van der Waals surface area contributed by atoms with Crippen molar-refractivity contribution in [2.75, 3.05) is 18.8 Å². The molecule has 0 spiro atoms. The van der Waals surface area contributed by atoms with E-state index in [4.69, 9.17) is 4.74 Å². The SMILES string of the molecule is CCS(=O)(=O)N1CCCC(Oc2ncc(F)cn2)C1. The minimum Gasteiger partial charge on any atom is -0.459 e. The van der Waals surface area contributed by atoms with Gasteiger partial charge in [0, 0.05) is 6.54 Å². The molecule has 8 heteroatoms. The predicted octanol–water partition coefficient (Wildman–Crippen LogP) is 0.809. The van der Waals surface area contributed by atoms with Crippen LogP contribution in [0.5, 0.6) is 6.01 Å². The number of halogens is 1. The fourth-order valence-corrected chi connectivity index (χ4v) is 3.11. The Kier molecular flexibility index (Phi) is 4.31. The van der Waals surface area contributed by atoms with E-state index in [-0.39, 0.29) is 24.4 Å². The minimum atomic E-state index is -3.20. The Morgan fingerprint density at radius 1 is 1.47 bits per heavy atom. The standard InChI is InChI=1S/C11H16FN3O3S/c1-2-19(16,17)15-5-3-4-10(8-15)18-11-13-6-9(12)7-14-11/h6-7,10H,2-5,8H2,1H3. The van der Waals surface area contributed by atoms with E-state index in [0.29, 0.717) is 6.54 Å². The van der Waals surface area contributed by atoms with Crippen molar-refractivity contribution < 1.29 is 17.5 Å². The third-order valence-electron chi connectivity index (χ3n) is 2.97. The number of rotatable bonds is 4. The molecule has 2 heterocycles. The molecule has 1 fully saturated rings. The third-order valence-corrected chi connectivity index (χ3v) is 4.82. The highest BCUT2D eigenvalue weighted by Crippen LogP contribution is 2.18. The van der Waals surface area contributed by atoms with Gasteiger partial charge in [-0.2, -0.15) is 4.31 Å². The van der Waals surface area contributed by atoms with Gasteiger partial charge < -0.3 is 4.74 Å². The molecule has 0 aliphatic carbocycles. The molecule has 0 aromatic carbocycles. The van der Waals surface area contributed by atoms with Crippen LogP contribution in [0.1, 0.15) is 19.8 Å². The van der Waals surface area contributed by atoms with Crippen LogP contribution < -0.4 is 4.74 Å². The fourth-order valence-electron chi connectivity index (χ4n) is 1.95. The molecule has 0 amide bonds. The first-order chi connectivity index (χ1) is 9.01. The van der Waals surface area contributed by atoms with Gasteiger partial charge in [-0.3, -0.25) is 0 Å². The highest BCUT2D eigenvalue weighted by molar-refractivity contribution is 7.89. The second-order valence-electron chi connectivity index (χ2n) is 4.32. The maximum absolute atomic E-state index is 12.7. The molecule has 1 saturated heterocycles. The van der Waals surface area contributed by atoms with E-state index in [0.717, 1.165) is 25.2 Å². The van der Waals surface area contributed by atoms with Gasteiger partial charge in [0.05, 0.1) is 24.7 Å². The molecule has 0 bridgehead atoms. The van der Waals surface area contributed by atoms with Crippen molar-refractivity contribution in [1.29, 1.82) is 0 Å². The van der Waals surface area contributed by atoms with E-state index >= 15 is 0 Å². The lowest BCUT2D eigenvalue weighted by atomic mass is 10.1. The van der Waals surface area contributed by atoms with Crippen LogP contribution in [0, 0.1) is 5.82 Å². The van der Waals surface area contributed by atoms with Crippen molar-refractivity contribution in [1.82, 2.24) is 14.3 Å². The van der Waals surface area contributed by atoms with E-state index in [2.05, 4.69) is 9.97 Å². The molecule has 1 unspecified atom stereocenters. The van der Waals surface area contributed by atoms with Gasteiger partial charge in [-0.1, -0.05) is 0 Å². The van der Waals surface area contributed by atoms with Gasteiger partial charge in [-0.25, -0.2) is 22.8 Å². The minimum absolute atomic E-state index is 0.0714. The first kappa shape index (κ1) is 14.1. The monoisotopic (exact) mass is 289 g/mol. The van der Waals surface area contributed by atoms with Gasteiger partial charge in [0.1, 0.15) is 6.10 Å². The van der Waals surface area contributed by atoms with Crippen molar-refractivity contribution >= 4 is 10.0 Å². The van der Waals surface area contributed by atoms with E-state index in [1.54, 1.807) is 6.92 Å². The molecule has 2 rings (SSSR count). The summed E-state index contributed by atoms with van der Waals surface area (Å²) < 4.78 is 43.1. The van der Waals surface area contributed by atoms with Crippen molar-refractivity contribution in [2.45, 2.75) is 25.9 Å². The van der Waals surface area contributed by atoms with Crippen LogP contribution in [0.3, 0.4) is 0 Å². The summed E-state index contributed by atoms with van der Waals surface area (Å²) in [5, 5.41) is 0. The maximum Gasteiger partial charge on any atom is 0.316 e. The molecule has 0 saturated carbocycles. The molecule has 0 N–H and O–H groups in total. The van der Waals surface area contributed by atoms with Crippen LogP contribution in [0.15, 0.2) is 12.4 Å². The summed E-state index contributed by atoms with van der Waals surface area (Å²) in [6.07, 6.45) is 3.21. The zero-order valence-corrected chi connectivity index (χ0v) is 11.4. The normalized spacial score (nSPS) is 21.3. The van der Waals surface area contributed by atoms with Crippen LogP contribution in [0.25, 0.3) is 0 Å². The average molecular weight is 289 g/mol. The Hall–Kier alpha value is -1.28. The summed E-state index contributed by atoms with van der Waals surface area (Å²) >= 11 is 0. The quantitative estimate of drug-likeness (QED) is 0.820. The summed E-state index contributed by atoms with van der Waals surface area (Å²) in [5.74, 6) is -0.460. The zero-order valence-electron chi connectivity index (χ0n) is 10.6. The number of aromatic nitrogens is 2. The highest BCUT2D eigenvalue weighted by Gasteiger charge is 2.29. The summed E-state index contributed by atoms with van der Waals surface area (Å²) in [6, 6.07) is 0.0714. The number of ether oxygens (including phenoxy) is 1. The van der Waals surface area contributed by atoms with Crippen LogP contribution in [-0.2, 0) is 10.0 Å². The molecule has 106 valence electrons. The van der Waals surface area contributed by atoms with Gasteiger partial charge >= 0.3 is 6.01 Å². The van der Waals surface area contributed by atoms with Crippen molar-refractivity contribution in [3.05, 3.63) is 18.2 Å². The summed E-state index contributed by atoms with van der Waals surface area (Å²) in [7, 11) is -3.20. The van der Waals surface area contributed by atoms with Crippen LogP contribution in [0.2, 0.25) is 0 Å². The van der Waals surface area contributed by atoms with E-state index in [9.17, 15) is 12.8 Å². The van der Waals surface area contributed by atoms with Gasteiger partial charge in [-0.15, -0.1) is 0 Å². The molecule has 1 aromatic rings. The molecule has 0 radical (unpaired) electrons. The molecule has 1 aliphatic heterocycles. The first-order valence-corrected chi connectivity index (χ1v) is 7.74. The number of hydrogen-bond acceptors (Lipinski definition) is 5. The molecule has 1 aromatic heterocycles. The van der Waals surface area contributed by atoms with Crippen LogP contribution in [-0.4, -0.2) is 47.6 Å². The highest BCUT2D eigenvalue weighted by atomic mass is 32.2. The Balaban J connectivity index is 2.00. The largest absolute Gasteiger partial charge is 0.459 e. The average Bonchev–Trinajstić information content (AvgIpc) is 2.42. The Morgan fingerprint density at radius 2 is 2.16 bits per heavy atom. The van der Waals surface area contributed by atoms with Gasteiger partial charge in [0.25, 0.3) is 0 Å². The van der Waals surface area contributed by atoms with E-state index < -0.39 is 15.8 Å². The smallest absolute Gasteiger partial charge is 0.316 e. The summed E-state index contributed by atoms with van der Waals surface area (Å²) in [5.41, 5.74) is 0. The first-order valence-electron chi connectivity index (χ1n) is 6.13. The second-order valence-corrected chi connectivity index (χ2v) is 6.58. The number of hydrogen-bond donors (Lipinski definition) is 0. The lowest BCUT2D eigenvalue weighted by molar-refractivity contribution is 0.119. The molecule has 1 atom stereocenters. The summed E-state index contributed by atoms with van der Waals surface area (Å²) in [4.78, 5) is 7.41. The molecule has 6 nitrogen and oxygen atoms in total. The number of nitrogens with zero attached hydrogens (tertiary/aromatic N) is 3. The van der Waals surface area contributed by atoms with Crippen LogP contribution >= 0.6 is 0 Å². The Bertz CT molecular complexity index is 520. The second kappa shape index (κ2) is 5.79. The van der Waals surface area contributed by atoms with Gasteiger partial charge in [-0.05, 0) is 19.8 Å². The number of piperidine rings is 1. The fraction of sp³-hybridized carbons (Fsp3) is 0.636. The van der Waals surface area contributed by atoms with Gasteiger partial charge in [0.15, 0.2) is 5.82 Å². The Morgan fingerprint density at radius 3 is 2.79 bits per heavy atom. The number of sulfonamides is 1. The Labute approximate surface area is 111 Å². The third kappa shape index (κ3) is 3.60. The van der Waals surface area contributed by atoms with Crippen molar-refractivity contribution in [3.8, 4) is 6.01 Å². The lowest BCUT2D eigenvalue weighted by Crippen LogP contribution is -2.45. The maximum atomic E-state index is 12.7.